The van der Waals surface area contributed by atoms with Gasteiger partial charge in [-0.15, -0.1) is 11.6 Å². The molecule has 1 fully saturated rings. The Labute approximate surface area is 129 Å². The minimum absolute atomic E-state index is 0.210. The summed E-state index contributed by atoms with van der Waals surface area (Å²) in [5.41, 5.74) is 1.52. The number of halogens is 1. The van der Waals surface area contributed by atoms with E-state index >= 15 is 0 Å². The van der Waals surface area contributed by atoms with Crippen LogP contribution in [-0.4, -0.2) is 43.0 Å². The molecule has 1 heterocycles. The van der Waals surface area contributed by atoms with Gasteiger partial charge in [-0.3, -0.25) is 0 Å². The Morgan fingerprint density at radius 3 is 2.55 bits per heavy atom. The highest BCUT2D eigenvalue weighted by Crippen LogP contribution is 2.29. The second-order valence-electron chi connectivity index (χ2n) is 6.53. The van der Waals surface area contributed by atoms with Gasteiger partial charge in [0.1, 0.15) is 0 Å². The second-order valence-corrected chi connectivity index (χ2v) is 7.09. The van der Waals surface area contributed by atoms with Gasteiger partial charge in [-0.05, 0) is 56.8 Å². The van der Waals surface area contributed by atoms with Gasteiger partial charge in [-0.2, -0.15) is 0 Å². The van der Waals surface area contributed by atoms with Gasteiger partial charge in [0, 0.05) is 12.6 Å². The first kappa shape index (κ1) is 16.1. The van der Waals surface area contributed by atoms with E-state index in [4.69, 9.17) is 11.6 Å². The van der Waals surface area contributed by atoms with Crippen LogP contribution in [0, 0.1) is 11.8 Å². The Morgan fingerprint density at radius 2 is 2.05 bits per heavy atom. The van der Waals surface area contributed by atoms with Crippen molar-refractivity contribution in [3.8, 4) is 0 Å². The molecule has 114 valence electrons. The van der Waals surface area contributed by atoms with E-state index in [1.165, 1.54) is 38.0 Å². The van der Waals surface area contributed by atoms with Crippen molar-refractivity contribution in [1.29, 1.82) is 0 Å². The van der Waals surface area contributed by atoms with Gasteiger partial charge in [-0.25, -0.2) is 0 Å². The van der Waals surface area contributed by atoms with Crippen LogP contribution >= 0.6 is 11.6 Å². The molecule has 20 heavy (non-hydrogen) atoms. The molecule has 1 unspecified atom stereocenters. The molecule has 3 heteroatoms. The predicted octanol–water partition coefficient (Wildman–Crippen LogP) is 3.44. The number of hydrogen-bond acceptors (Lipinski definition) is 2. The average molecular weight is 297 g/mol. The van der Waals surface area contributed by atoms with Gasteiger partial charge in [0.2, 0.25) is 0 Å². The second kappa shape index (κ2) is 7.63. The van der Waals surface area contributed by atoms with Crippen molar-refractivity contribution in [2.45, 2.75) is 44.5 Å². The number of nitrogens with one attached hydrogen (secondary N) is 1. The fraction of sp³-hybridized carbons (Fsp3) is 0.765. The van der Waals surface area contributed by atoms with E-state index in [0.717, 1.165) is 12.3 Å². The molecular formula is C17H29ClN2. The Balaban J connectivity index is 1.79. The number of allylic oxidation sites excluding steroid dienone is 4. The molecule has 1 aliphatic heterocycles. The Hall–Kier alpha value is -0.310. The molecule has 1 N–H and O–H groups in total. The summed E-state index contributed by atoms with van der Waals surface area (Å²) in [6.07, 6.45) is 10.3. The maximum Gasteiger partial charge on any atom is 0.0553 e. The minimum Gasteiger partial charge on any atom is -0.315 e. The van der Waals surface area contributed by atoms with Gasteiger partial charge in [0.05, 0.1) is 5.38 Å². The van der Waals surface area contributed by atoms with Crippen molar-refractivity contribution < 1.29 is 0 Å². The molecule has 0 aromatic heterocycles. The minimum atomic E-state index is 0.210. The molecule has 0 spiro atoms. The van der Waals surface area contributed by atoms with Crippen LogP contribution in [0.15, 0.2) is 23.8 Å². The number of rotatable bonds is 5. The average Bonchev–Trinajstić information content (AvgIpc) is 2.46. The van der Waals surface area contributed by atoms with Crippen LogP contribution in [0.5, 0.6) is 0 Å². The third-order valence-corrected chi connectivity index (χ3v) is 5.09. The van der Waals surface area contributed by atoms with E-state index in [0.29, 0.717) is 12.0 Å². The molecule has 0 bridgehead atoms. The standard InChI is InChI=1S/C17H29ClN2/c1-13(2)17(19-3)12-20-10-8-15(9-11-20)14-4-6-16(18)7-5-14/h4-6,13,15-17,19H,7-12H2,1-3H3/t16?,17-/m0/s1. The van der Waals surface area contributed by atoms with Crippen molar-refractivity contribution in [2.24, 2.45) is 11.8 Å². The summed E-state index contributed by atoms with van der Waals surface area (Å²) in [7, 11) is 2.08. The van der Waals surface area contributed by atoms with E-state index < -0.39 is 0 Å². The van der Waals surface area contributed by atoms with Gasteiger partial charge in [0.15, 0.2) is 0 Å². The quantitative estimate of drug-likeness (QED) is 0.782. The number of hydrogen-bond donors (Lipinski definition) is 1. The topological polar surface area (TPSA) is 15.3 Å². The van der Waals surface area contributed by atoms with Crippen molar-refractivity contribution >= 4 is 11.6 Å². The highest BCUT2D eigenvalue weighted by molar-refractivity contribution is 6.22. The van der Waals surface area contributed by atoms with Gasteiger partial charge in [-0.1, -0.05) is 32.1 Å². The predicted molar refractivity (Wildman–Crippen MR) is 88.3 cm³/mol. The van der Waals surface area contributed by atoms with E-state index in [9.17, 15) is 0 Å². The first-order valence-electron chi connectivity index (χ1n) is 8.02. The van der Waals surface area contributed by atoms with Gasteiger partial charge in [0.25, 0.3) is 0 Å². The summed E-state index contributed by atoms with van der Waals surface area (Å²) in [5.74, 6) is 1.45. The SMILES string of the molecule is CN[C@@H](CN1CCC(C2=CCC(Cl)C=C2)CC1)C(C)C. The zero-order chi connectivity index (χ0) is 14.5. The lowest BCUT2D eigenvalue weighted by Gasteiger charge is -2.36. The molecule has 0 saturated carbocycles. The number of nitrogens with zero attached hydrogens (tertiary/aromatic N) is 1. The summed E-state index contributed by atoms with van der Waals surface area (Å²) < 4.78 is 0. The zero-order valence-electron chi connectivity index (χ0n) is 13.1. The monoisotopic (exact) mass is 296 g/mol. The molecular weight excluding hydrogens is 268 g/mol. The van der Waals surface area contributed by atoms with E-state index in [1.807, 2.05) is 0 Å². The summed E-state index contributed by atoms with van der Waals surface area (Å²) >= 11 is 6.10. The zero-order valence-corrected chi connectivity index (χ0v) is 13.9. The molecule has 2 rings (SSSR count). The summed E-state index contributed by atoms with van der Waals surface area (Å²) in [6, 6.07) is 0.609. The van der Waals surface area contributed by atoms with Crippen LogP contribution in [0.25, 0.3) is 0 Å². The largest absolute Gasteiger partial charge is 0.315 e. The molecule has 0 radical (unpaired) electrons. The van der Waals surface area contributed by atoms with E-state index in [1.54, 1.807) is 0 Å². The summed E-state index contributed by atoms with van der Waals surface area (Å²) in [6.45, 7) is 8.23. The Morgan fingerprint density at radius 1 is 1.35 bits per heavy atom. The normalized spacial score (nSPS) is 26.9. The Kier molecular flexibility index (Phi) is 6.13. The number of piperidine rings is 1. The van der Waals surface area contributed by atoms with Crippen molar-refractivity contribution in [3.63, 3.8) is 0 Å². The van der Waals surface area contributed by atoms with Crippen LogP contribution < -0.4 is 5.32 Å². The van der Waals surface area contributed by atoms with Crippen molar-refractivity contribution in [2.75, 3.05) is 26.7 Å². The molecule has 0 amide bonds. The van der Waals surface area contributed by atoms with Crippen molar-refractivity contribution in [3.05, 3.63) is 23.8 Å². The van der Waals surface area contributed by atoms with Crippen molar-refractivity contribution in [1.82, 2.24) is 10.2 Å². The van der Waals surface area contributed by atoms with Gasteiger partial charge >= 0.3 is 0 Å². The Bertz CT molecular complexity index is 354. The number of likely N-dealkylation sites (tertiary alicyclic amines) is 1. The fourth-order valence-corrected chi connectivity index (χ4v) is 3.44. The highest BCUT2D eigenvalue weighted by Gasteiger charge is 2.24. The number of alkyl halides is 1. The molecule has 2 aliphatic rings. The lowest BCUT2D eigenvalue weighted by Crippen LogP contribution is -2.45. The van der Waals surface area contributed by atoms with Gasteiger partial charge < -0.3 is 10.2 Å². The summed E-state index contributed by atoms with van der Waals surface area (Å²) in [4.78, 5) is 2.62. The highest BCUT2D eigenvalue weighted by atomic mass is 35.5. The number of likely N-dealkylation sites (N-methyl/N-ethyl adjacent to an activating group) is 1. The molecule has 1 saturated heterocycles. The van der Waals surface area contributed by atoms with Crippen LogP contribution in [0.1, 0.15) is 33.1 Å². The molecule has 2 nitrogen and oxygen atoms in total. The third kappa shape index (κ3) is 4.34. The molecule has 0 aromatic rings. The lowest BCUT2D eigenvalue weighted by atomic mass is 9.86. The third-order valence-electron chi connectivity index (χ3n) is 4.77. The first-order valence-corrected chi connectivity index (χ1v) is 8.45. The van der Waals surface area contributed by atoms with E-state index in [-0.39, 0.29) is 5.38 Å². The smallest absolute Gasteiger partial charge is 0.0553 e. The van der Waals surface area contributed by atoms with Crippen LogP contribution in [0.2, 0.25) is 0 Å². The maximum absolute atomic E-state index is 6.10. The van der Waals surface area contributed by atoms with Crippen LogP contribution in [0.4, 0.5) is 0 Å². The molecule has 0 aromatic carbocycles. The summed E-state index contributed by atoms with van der Waals surface area (Å²) in [5, 5.41) is 3.66. The fourth-order valence-electron chi connectivity index (χ4n) is 3.28. The van der Waals surface area contributed by atoms with Crippen LogP contribution in [-0.2, 0) is 0 Å². The lowest BCUT2D eigenvalue weighted by molar-refractivity contribution is 0.170. The maximum atomic E-state index is 6.10. The van der Waals surface area contributed by atoms with Crippen LogP contribution in [0.3, 0.4) is 0 Å². The first-order chi connectivity index (χ1) is 9.60. The molecule has 2 atom stereocenters. The molecule has 1 aliphatic carbocycles. The van der Waals surface area contributed by atoms with E-state index in [2.05, 4.69) is 49.3 Å².